The van der Waals surface area contributed by atoms with Crippen molar-refractivity contribution in [1.29, 1.82) is 5.41 Å². The highest BCUT2D eigenvalue weighted by Gasteiger charge is 2.46. The van der Waals surface area contributed by atoms with Gasteiger partial charge in [-0.1, -0.05) is 73.5 Å². The molecule has 2 atom stereocenters. The Morgan fingerprint density at radius 2 is 1.48 bits per heavy atom. The zero-order valence-corrected chi connectivity index (χ0v) is 25.1. The van der Waals surface area contributed by atoms with Crippen LogP contribution in [0.3, 0.4) is 0 Å². The number of aliphatic carboxylic acids is 2. The molecule has 2 aromatic carbocycles. The number of guanidine groups is 1. The molecule has 0 aliphatic heterocycles. The molecule has 11 N–H and O–H groups in total. The molecule has 13 nitrogen and oxygen atoms in total. The van der Waals surface area contributed by atoms with Gasteiger partial charge in [0.2, 0.25) is 5.91 Å². The van der Waals surface area contributed by atoms with Crippen molar-refractivity contribution in [3.05, 3.63) is 71.8 Å². The quantitative estimate of drug-likeness (QED) is 0.0446. The molecule has 0 spiro atoms. The van der Waals surface area contributed by atoms with Crippen molar-refractivity contribution in [1.82, 2.24) is 15.5 Å². The highest BCUT2D eigenvalue weighted by Crippen LogP contribution is 2.29. The lowest BCUT2D eigenvalue weighted by Crippen LogP contribution is -2.68. The molecule has 0 bridgehead atoms. The monoisotopic (exact) mass is 612 g/mol. The third-order valence-electron chi connectivity index (χ3n) is 7.35. The smallest absolute Gasteiger partial charge is 0.469 e. The minimum Gasteiger partial charge on any atom is -0.481 e. The molecule has 0 aromatic heterocycles. The molecule has 1 fully saturated rings. The first kappa shape index (κ1) is 36.2. The molecule has 14 heteroatoms. The Morgan fingerprint density at radius 1 is 1.00 bits per heavy atom. The average Bonchev–Trinajstić information content (AvgIpc) is 3.48. The Morgan fingerprint density at radius 3 is 1.89 bits per heavy atom. The number of amides is 1. The molecule has 0 saturated heterocycles. The van der Waals surface area contributed by atoms with E-state index in [-0.39, 0.29) is 31.3 Å². The third kappa shape index (κ3) is 12.0. The molecule has 1 unspecified atom stereocenters. The number of carbonyl (C=O) groups excluding carboxylic acids is 1. The number of hydrogen-bond donors (Lipinski definition) is 9. The number of benzene rings is 2. The van der Waals surface area contributed by atoms with E-state index in [0.717, 1.165) is 30.9 Å². The highest BCUT2D eigenvalue weighted by atomic mass is 16.4. The lowest BCUT2D eigenvalue weighted by molar-refractivity contribution is -0.157. The van der Waals surface area contributed by atoms with E-state index in [4.69, 9.17) is 26.8 Å². The molecule has 240 valence electrons. The molecule has 2 aromatic rings. The van der Waals surface area contributed by atoms with Crippen LogP contribution in [0.5, 0.6) is 0 Å². The fourth-order valence-corrected chi connectivity index (χ4v) is 5.40. The number of nitrogens with two attached hydrogens (primary N) is 2. The molecular weight excluding hydrogens is 567 g/mol. The van der Waals surface area contributed by atoms with Crippen molar-refractivity contribution in [2.45, 2.75) is 82.0 Å². The van der Waals surface area contributed by atoms with Crippen LogP contribution in [0.4, 0.5) is 0 Å². The van der Waals surface area contributed by atoms with E-state index in [0.29, 0.717) is 25.8 Å². The van der Waals surface area contributed by atoms with Crippen molar-refractivity contribution in [3.63, 3.8) is 0 Å². The van der Waals surface area contributed by atoms with Crippen LogP contribution in [-0.2, 0) is 27.2 Å². The molecule has 1 aliphatic rings. The first-order valence-electron chi connectivity index (χ1n) is 14.7. The van der Waals surface area contributed by atoms with Crippen LogP contribution in [-0.4, -0.2) is 86.3 Å². The van der Waals surface area contributed by atoms with Gasteiger partial charge in [-0.25, -0.2) is 4.79 Å². The molecular formula is C30H45BN6O7. The first-order valence-corrected chi connectivity index (χ1v) is 14.7. The second-order valence-corrected chi connectivity index (χ2v) is 11.1. The lowest BCUT2D eigenvalue weighted by atomic mass is 9.76. The van der Waals surface area contributed by atoms with Crippen LogP contribution < -0.4 is 22.1 Å². The maximum absolute atomic E-state index is 14.5. The van der Waals surface area contributed by atoms with Gasteiger partial charge < -0.3 is 41.9 Å². The van der Waals surface area contributed by atoms with Gasteiger partial charge in [0.1, 0.15) is 5.54 Å². The zero-order valence-electron chi connectivity index (χ0n) is 25.1. The Hall–Kier alpha value is -3.98. The van der Waals surface area contributed by atoms with Crippen molar-refractivity contribution < 1.29 is 34.6 Å². The number of rotatable bonds is 15. The van der Waals surface area contributed by atoms with Gasteiger partial charge in [0, 0.05) is 25.5 Å². The van der Waals surface area contributed by atoms with Crippen LogP contribution in [0.25, 0.3) is 0 Å². The van der Waals surface area contributed by atoms with E-state index in [1.54, 1.807) is 0 Å². The summed E-state index contributed by atoms with van der Waals surface area (Å²) < 4.78 is 0. The highest BCUT2D eigenvalue weighted by molar-refractivity contribution is 6.43. The molecule has 44 heavy (non-hydrogen) atoms. The lowest BCUT2D eigenvalue weighted by Gasteiger charge is -2.42. The van der Waals surface area contributed by atoms with Gasteiger partial charge >= 0.3 is 13.1 Å². The van der Waals surface area contributed by atoms with Gasteiger partial charge in [0.05, 0.1) is 0 Å². The van der Waals surface area contributed by atoms with Crippen molar-refractivity contribution in [2.24, 2.45) is 11.5 Å². The summed E-state index contributed by atoms with van der Waals surface area (Å²) in [6.07, 6.45) is 2.34. The van der Waals surface area contributed by atoms with Gasteiger partial charge in [-0.05, 0) is 49.7 Å². The largest absolute Gasteiger partial charge is 0.481 e. The maximum Gasteiger partial charge on any atom is 0.469 e. The number of carboxylic acid groups (broad SMARTS) is 2. The number of nitrogens with zero attached hydrogens (tertiary/aromatic N) is 1. The Labute approximate surface area is 258 Å². The summed E-state index contributed by atoms with van der Waals surface area (Å²) >= 11 is 0. The SMILES string of the molecule is CC(=O)O.N=C(N)NCCC[C@H](NC(C(=O)O)N(C(=O)C(N)(Cc1ccccc1)Cc1ccccc1)C1CCCC1)B(O)O. The summed E-state index contributed by atoms with van der Waals surface area (Å²) in [5, 5.41) is 50.7. The van der Waals surface area contributed by atoms with Crippen LogP contribution in [0.2, 0.25) is 0 Å². The van der Waals surface area contributed by atoms with Gasteiger partial charge in [0.15, 0.2) is 12.1 Å². The van der Waals surface area contributed by atoms with Gasteiger partial charge in [-0.3, -0.25) is 20.3 Å². The summed E-state index contributed by atoms with van der Waals surface area (Å²) in [5.74, 6) is -3.92. The second-order valence-electron chi connectivity index (χ2n) is 11.1. The van der Waals surface area contributed by atoms with Crippen LogP contribution >= 0.6 is 0 Å². The maximum atomic E-state index is 14.5. The normalized spacial score (nSPS) is 14.5. The van der Waals surface area contributed by atoms with Gasteiger partial charge in [0.25, 0.3) is 5.97 Å². The predicted molar refractivity (Wildman–Crippen MR) is 167 cm³/mol. The van der Waals surface area contributed by atoms with E-state index >= 15 is 0 Å². The standard InChI is InChI=1S/C28H41BN6O5.C2H4O2/c30-27(31)33-17-9-16-23(29(39)40)34-24(25(36)37)35(22-14-7-8-15-22)26(38)28(32,18-20-10-3-1-4-11-20)19-21-12-5-2-6-13-21;1-2(3)4/h1-6,10-13,22-24,34,39-40H,7-9,14-19,32H2,(H,36,37)(H4,30,31,33);1H3,(H,3,4)/t23-,24?;/m0./s1. The predicted octanol–water partition coefficient (Wildman–Crippen LogP) is 0.676. The van der Waals surface area contributed by atoms with E-state index in [1.807, 2.05) is 60.7 Å². The summed E-state index contributed by atoms with van der Waals surface area (Å²) in [4.78, 5) is 37.6. The van der Waals surface area contributed by atoms with Crippen LogP contribution in [0.1, 0.15) is 56.6 Å². The molecule has 0 heterocycles. The Kier molecular flexibility index (Phi) is 14.8. The minimum atomic E-state index is -1.88. The van der Waals surface area contributed by atoms with E-state index < -0.39 is 42.6 Å². The minimum absolute atomic E-state index is 0.163. The number of nitrogens with one attached hydrogen (secondary N) is 3. The summed E-state index contributed by atoms with van der Waals surface area (Å²) in [7, 11) is -1.88. The summed E-state index contributed by atoms with van der Waals surface area (Å²) in [6.45, 7) is 1.38. The molecule has 0 radical (unpaired) electrons. The van der Waals surface area contributed by atoms with E-state index in [2.05, 4.69) is 10.6 Å². The first-order chi connectivity index (χ1) is 20.8. The average molecular weight is 613 g/mol. The van der Waals surface area contributed by atoms with Crippen molar-refractivity contribution >= 4 is 30.9 Å². The number of carbonyl (C=O) groups is 3. The third-order valence-corrected chi connectivity index (χ3v) is 7.35. The summed E-state index contributed by atoms with van der Waals surface area (Å²) in [5.41, 5.74) is 12.5. The van der Waals surface area contributed by atoms with Crippen LogP contribution in [0.15, 0.2) is 60.7 Å². The van der Waals surface area contributed by atoms with Crippen molar-refractivity contribution in [2.75, 3.05) is 6.54 Å². The molecule has 1 saturated carbocycles. The van der Waals surface area contributed by atoms with E-state index in [9.17, 15) is 24.7 Å². The zero-order chi connectivity index (χ0) is 32.7. The summed E-state index contributed by atoms with van der Waals surface area (Å²) in [6, 6.07) is 18.4. The fourth-order valence-electron chi connectivity index (χ4n) is 5.40. The van der Waals surface area contributed by atoms with Crippen molar-refractivity contribution in [3.8, 4) is 0 Å². The Bertz CT molecular complexity index is 1150. The molecule has 3 rings (SSSR count). The van der Waals surface area contributed by atoms with Gasteiger partial charge in [-0.2, -0.15) is 0 Å². The Balaban J connectivity index is 0.00000159. The topological polar surface area (TPSA) is 235 Å². The fraction of sp³-hybridized carbons (Fsp3) is 0.467. The van der Waals surface area contributed by atoms with E-state index in [1.165, 1.54) is 4.90 Å². The molecule has 1 aliphatic carbocycles. The number of hydrogen-bond acceptors (Lipinski definition) is 8. The second kappa shape index (κ2) is 18.0. The number of carboxylic acids is 2. The molecule has 1 amide bonds. The van der Waals surface area contributed by atoms with Crippen LogP contribution in [0, 0.1) is 5.41 Å². The van der Waals surface area contributed by atoms with Gasteiger partial charge in [-0.15, -0.1) is 0 Å².